The predicted molar refractivity (Wildman–Crippen MR) is 125 cm³/mol. The van der Waals surface area contributed by atoms with E-state index in [0.29, 0.717) is 18.3 Å². The van der Waals surface area contributed by atoms with E-state index >= 15 is 0 Å². The summed E-state index contributed by atoms with van der Waals surface area (Å²) in [6, 6.07) is 13.1. The lowest BCUT2D eigenvalue weighted by atomic mass is 9.89. The Balaban J connectivity index is 1.63. The minimum Gasteiger partial charge on any atom is -0.368 e. The summed E-state index contributed by atoms with van der Waals surface area (Å²) in [5, 5.41) is 3.29. The summed E-state index contributed by atoms with van der Waals surface area (Å²) in [7, 11) is 0. The SMILES string of the molecule is Cc1ccc(-c2ccnc(C)c2)c(C(=O)N2CCCC(C)[C@H]2CNc2ccc(F)cn2)c1. The number of amides is 1. The number of benzene rings is 1. The predicted octanol–water partition coefficient (Wildman–Crippen LogP) is 5.25. The largest absolute Gasteiger partial charge is 0.368 e. The highest BCUT2D eigenvalue weighted by Gasteiger charge is 2.33. The first-order valence-corrected chi connectivity index (χ1v) is 11.1. The molecule has 3 heterocycles. The third-order valence-corrected chi connectivity index (χ3v) is 6.21. The summed E-state index contributed by atoms with van der Waals surface area (Å²) in [5.74, 6) is 0.637. The normalized spacial score (nSPS) is 18.4. The Morgan fingerprint density at radius 1 is 1.16 bits per heavy atom. The molecule has 3 aromatic rings. The van der Waals surface area contributed by atoms with Crippen LogP contribution in [0.1, 0.15) is 41.4 Å². The Morgan fingerprint density at radius 3 is 2.75 bits per heavy atom. The smallest absolute Gasteiger partial charge is 0.254 e. The van der Waals surface area contributed by atoms with E-state index in [1.165, 1.54) is 12.3 Å². The molecule has 1 aromatic carbocycles. The molecule has 2 atom stereocenters. The summed E-state index contributed by atoms with van der Waals surface area (Å²) in [6.45, 7) is 7.44. The van der Waals surface area contributed by atoms with Crippen LogP contribution in [0.15, 0.2) is 54.9 Å². The van der Waals surface area contributed by atoms with Gasteiger partial charge in [0.15, 0.2) is 0 Å². The van der Waals surface area contributed by atoms with E-state index < -0.39 is 0 Å². The maximum atomic E-state index is 13.9. The van der Waals surface area contributed by atoms with Crippen molar-refractivity contribution in [2.45, 2.75) is 39.7 Å². The second-order valence-electron chi connectivity index (χ2n) is 8.66. The monoisotopic (exact) mass is 432 g/mol. The highest BCUT2D eigenvalue weighted by molar-refractivity contribution is 6.01. The fraction of sp³-hybridized carbons (Fsp3) is 0.346. The van der Waals surface area contributed by atoms with Gasteiger partial charge in [-0.25, -0.2) is 9.37 Å². The van der Waals surface area contributed by atoms with Gasteiger partial charge in [0.25, 0.3) is 5.91 Å². The van der Waals surface area contributed by atoms with E-state index in [-0.39, 0.29) is 17.8 Å². The van der Waals surface area contributed by atoms with Crippen LogP contribution in [-0.2, 0) is 0 Å². The van der Waals surface area contributed by atoms with Crippen molar-refractivity contribution in [1.82, 2.24) is 14.9 Å². The van der Waals surface area contributed by atoms with Crippen LogP contribution in [0.3, 0.4) is 0 Å². The third kappa shape index (κ3) is 4.79. The Labute approximate surface area is 188 Å². The molecule has 1 unspecified atom stereocenters. The second kappa shape index (κ2) is 9.47. The van der Waals surface area contributed by atoms with Crippen molar-refractivity contribution < 1.29 is 9.18 Å². The van der Waals surface area contributed by atoms with Gasteiger partial charge >= 0.3 is 0 Å². The maximum Gasteiger partial charge on any atom is 0.254 e. The maximum absolute atomic E-state index is 13.9. The molecule has 0 spiro atoms. The summed E-state index contributed by atoms with van der Waals surface area (Å²) in [5.41, 5.74) is 4.61. The highest BCUT2D eigenvalue weighted by atomic mass is 19.1. The van der Waals surface area contributed by atoms with E-state index in [4.69, 9.17) is 0 Å². The van der Waals surface area contributed by atoms with Crippen LogP contribution in [0.2, 0.25) is 0 Å². The van der Waals surface area contributed by atoms with Crippen molar-refractivity contribution in [2.75, 3.05) is 18.4 Å². The highest BCUT2D eigenvalue weighted by Crippen LogP contribution is 2.30. The van der Waals surface area contributed by atoms with Crippen molar-refractivity contribution in [2.24, 2.45) is 5.92 Å². The fourth-order valence-electron chi connectivity index (χ4n) is 4.46. The lowest BCUT2D eigenvalue weighted by Gasteiger charge is -2.40. The average Bonchev–Trinajstić information content (AvgIpc) is 2.78. The Bertz CT molecular complexity index is 1100. The summed E-state index contributed by atoms with van der Waals surface area (Å²) >= 11 is 0. The molecule has 0 bridgehead atoms. The molecular formula is C26H29FN4O. The van der Waals surface area contributed by atoms with Gasteiger partial charge in [-0.05, 0) is 74.1 Å². The van der Waals surface area contributed by atoms with Crippen molar-refractivity contribution in [3.05, 3.63) is 77.5 Å². The van der Waals surface area contributed by atoms with E-state index in [2.05, 4.69) is 22.2 Å². The minimum atomic E-state index is -0.364. The first kappa shape index (κ1) is 21.9. The van der Waals surface area contributed by atoms with Gasteiger partial charge in [-0.15, -0.1) is 0 Å². The number of likely N-dealkylation sites (tertiary alicyclic amines) is 1. The minimum absolute atomic E-state index is 0.0237. The number of aromatic nitrogens is 2. The van der Waals surface area contributed by atoms with Crippen LogP contribution in [0.5, 0.6) is 0 Å². The van der Waals surface area contributed by atoms with Crippen LogP contribution in [-0.4, -0.2) is 39.9 Å². The van der Waals surface area contributed by atoms with Crippen molar-refractivity contribution >= 4 is 11.7 Å². The van der Waals surface area contributed by atoms with Crippen LogP contribution in [0, 0.1) is 25.6 Å². The molecule has 1 saturated heterocycles. The van der Waals surface area contributed by atoms with E-state index in [0.717, 1.165) is 47.3 Å². The first-order valence-electron chi connectivity index (χ1n) is 11.1. The number of carbonyl (C=O) groups excluding carboxylic acids is 1. The Hall–Kier alpha value is -3.28. The van der Waals surface area contributed by atoms with Gasteiger partial charge in [-0.3, -0.25) is 9.78 Å². The standard InChI is InChI=1S/C26H29FN4O/c1-17-6-8-22(20-10-11-28-19(3)14-20)23(13-17)26(32)31-12-4-5-18(2)24(31)16-30-25-9-7-21(27)15-29-25/h6-11,13-15,18,24H,4-5,12,16H2,1-3H3,(H,29,30)/t18?,24-/m1/s1. The molecule has 1 N–H and O–H groups in total. The number of hydrogen-bond donors (Lipinski definition) is 1. The van der Waals surface area contributed by atoms with Crippen molar-refractivity contribution in [3.63, 3.8) is 0 Å². The van der Waals surface area contributed by atoms with Gasteiger partial charge in [0.05, 0.1) is 12.2 Å². The summed E-state index contributed by atoms with van der Waals surface area (Å²) < 4.78 is 13.2. The lowest BCUT2D eigenvalue weighted by molar-refractivity contribution is 0.0540. The topological polar surface area (TPSA) is 58.1 Å². The Morgan fingerprint density at radius 2 is 2.00 bits per heavy atom. The van der Waals surface area contributed by atoms with Gasteiger partial charge in [0.2, 0.25) is 0 Å². The van der Waals surface area contributed by atoms with E-state index in [1.807, 2.05) is 49.1 Å². The fourth-order valence-corrected chi connectivity index (χ4v) is 4.46. The van der Waals surface area contributed by atoms with Gasteiger partial charge in [0.1, 0.15) is 11.6 Å². The van der Waals surface area contributed by atoms with Gasteiger partial charge in [-0.2, -0.15) is 0 Å². The molecule has 32 heavy (non-hydrogen) atoms. The Kier molecular flexibility index (Phi) is 6.49. The molecule has 1 aliphatic heterocycles. The van der Waals surface area contributed by atoms with Crippen LogP contribution in [0.25, 0.3) is 11.1 Å². The number of nitrogens with one attached hydrogen (secondary N) is 1. The zero-order valence-corrected chi connectivity index (χ0v) is 18.8. The molecule has 2 aromatic heterocycles. The number of halogens is 1. The molecule has 4 rings (SSSR count). The number of pyridine rings is 2. The molecule has 0 aliphatic carbocycles. The number of nitrogens with zero attached hydrogens (tertiary/aromatic N) is 3. The zero-order valence-electron chi connectivity index (χ0n) is 18.8. The molecule has 1 fully saturated rings. The van der Waals surface area contributed by atoms with Gasteiger partial charge < -0.3 is 10.2 Å². The number of carbonyl (C=O) groups is 1. The van der Waals surface area contributed by atoms with Crippen LogP contribution >= 0.6 is 0 Å². The number of piperidine rings is 1. The molecule has 5 nitrogen and oxygen atoms in total. The molecule has 1 amide bonds. The summed E-state index contributed by atoms with van der Waals surface area (Å²) in [4.78, 5) is 24.2. The van der Waals surface area contributed by atoms with Crippen molar-refractivity contribution in [1.29, 1.82) is 0 Å². The number of hydrogen-bond acceptors (Lipinski definition) is 4. The molecular weight excluding hydrogens is 403 g/mol. The van der Waals surface area contributed by atoms with Crippen molar-refractivity contribution in [3.8, 4) is 11.1 Å². The number of aryl methyl sites for hydroxylation is 2. The molecule has 166 valence electrons. The van der Waals surface area contributed by atoms with Gasteiger partial charge in [0, 0.05) is 30.5 Å². The molecule has 1 aliphatic rings. The van der Waals surface area contributed by atoms with E-state index in [9.17, 15) is 9.18 Å². The second-order valence-corrected chi connectivity index (χ2v) is 8.66. The summed E-state index contributed by atoms with van der Waals surface area (Å²) in [6.07, 6.45) is 5.03. The molecule has 6 heteroatoms. The average molecular weight is 433 g/mol. The van der Waals surface area contributed by atoms with Crippen LogP contribution in [0.4, 0.5) is 10.2 Å². The molecule has 0 radical (unpaired) electrons. The molecule has 0 saturated carbocycles. The lowest BCUT2D eigenvalue weighted by Crippen LogP contribution is -2.51. The number of anilines is 1. The first-order chi connectivity index (χ1) is 15.4. The number of rotatable bonds is 5. The van der Waals surface area contributed by atoms with Gasteiger partial charge in [-0.1, -0.05) is 24.6 Å². The third-order valence-electron chi connectivity index (χ3n) is 6.21. The quantitative estimate of drug-likeness (QED) is 0.598. The zero-order chi connectivity index (χ0) is 22.7. The van der Waals surface area contributed by atoms with E-state index in [1.54, 1.807) is 12.3 Å². The van der Waals surface area contributed by atoms with Crippen LogP contribution < -0.4 is 5.32 Å².